The van der Waals surface area contributed by atoms with Gasteiger partial charge in [0.1, 0.15) is 0 Å². The molecule has 1 aliphatic carbocycles. The van der Waals surface area contributed by atoms with Gasteiger partial charge in [-0.15, -0.1) is 11.3 Å². The largest absolute Gasteiger partial charge is 0.308 e. The van der Waals surface area contributed by atoms with E-state index in [4.69, 9.17) is 9.97 Å². The third-order valence-corrected chi connectivity index (χ3v) is 13.0. The van der Waals surface area contributed by atoms with Crippen LogP contribution in [0.15, 0.2) is 146 Å². The van der Waals surface area contributed by atoms with Crippen molar-refractivity contribution in [1.82, 2.24) is 18.9 Å². The van der Waals surface area contributed by atoms with E-state index >= 15 is 0 Å². The Kier molecular flexibility index (Phi) is 5.33. The Morgan fingerprint density at radius 2 is 1.30 bits per heavy atom. The van der Waals surface area contributed by atoms with E-state index in [9.17, 15) is 0 Å². The maximum Gasteiger partial charge on any atom is 0.235 e. The maximum atomic E-state index is 5.69. The smallest absolute Gasteiger partial charge is 0.235 e. The Labute approximate surface area is 306 Å². The normalized spacial score (nSPS) is 14.8. The molecule has 7 aromatic carbocycles. The second-order valence-electron chi connectivity index (χ2n) is 14.5. The minimum absolute atomic E-state index is 0.126. The fourth-order valence-corrected chi connectivity index (χ4v) is 10.7. The maximum absolute atomic E-state index is 5.69. The van der Waals surface area contributed by atoms with Gasteiger partial charge in [0.05, 0.1) is 43.5 Å². The van der Waals surface area contributed by atoms with Gasteiger partial charge in [0.2, 0.25) is 5.95 Å². The second kappa shape index (κ2) is 10.1. The van der Waals surface area contributed by atoms with Gasteiger partial charge in [-0.2, -0.15) is 0 Å². The van der Waals surface area contributed by atoms with Crippen LogP contribution in [-0.4, -0.2) is 18.9 Å². The fraction of sp³-hybridized carbons (Fsp3) is 0.0417. The van der Waals surface area contributed by atoms with Crippen LogP contribution in [0.3, 0.4) is 0 Å². The van der Waals surface area contributed by atoms with Crippen LogP contribution in [0.25, 0.3) is 103 Å². The first-order valence-electron chi connectivity index (χ1n) is 18.3. The lowest BCUT2D eigenvalue weighted by molar-refractivity contribution is 0.792. The van der Waals surface area contributed by atoms with Crippen LogP contribution in [0.2, 0.25) is 0 Å². The van der Waals surface area contributed by atoms with Crippen LogP contribution in [0.1, 0.15) is 22.7 Å². The minimum Gasteiger partial charge on any atom is -0.308 e. The first-order valence-corrected chi connectivity index (χ1v) is 19.1. The summed E-state index contributed by atoms with van der Waals surface area (Å²) in [7, 11) is 0. The molecule has 0 saturated carbocycles. The molecule has 0 aliphatic heterocycles. The molecule has 1 atom stereocenters. The van der Waals surface area contributed by atoms with Gasteiger partial charge in [0, 0.05) is 53.7 Å². The molecule has 13 rings (SSSR count). The summed E-state index contributed by atoms with van der Waals surface area (Å²) in [6, 6.07) is 51.0. The van der Waals surface area contributed by atoms with E-state index in [1.165, 1.54) is 85.6 Å². The molecule has 0 bridgehead atoms. The summed E-state index contributed by atoms with van der Waals surface area (Å²) in [6.07, 6.45) is 5.54. The molecule has 5 aromatic heterocycles. The van der Waals surface area contributed by atoms with Gasteiger partial charge in [-0.3, -0.25) is 4.57 Å². The lowest BCUT2D eigenvalue weighted by atomic mass is 9.87. The van der Waals surface area contributed by atoms with Gasteiger partial charge in [-0.25, -0.2) is 9.97 Å². The minimum atomic E-state index is 0.126. The Hall–Kier alpha value is -6.56. The summed E-state index contributed by atoms with van der Waals surface area (Å²) in [6.45, 7) is 0. The number of para-hydroxylation sites is 2. The van der Waals surface area contributed by atoms with Gasteiger partial charge >= 0.3 is 0 Å². The van der Waals surface area contributed by atoms with Crippen LogP contribution in [0, 0.1) is 0 Å². The topological polar surface area (TPSA) is 35.1 Å². The van der Waals surface area contributed by atoms with Gasteiger partial charge in [-0.1, -0.05) is 127 Å². The van der Waals surface area contributed by atoms with E-state index in [1.807, 2.05) is 11.3 Å². The Morgan fingerprint density at radius 3 is 2.21 bits per heavy atom. The van der Waals surface area contributed by atoms with Crippen molar-refractivity contribution in [2.75, 3.05) is 0 Å². The van der Waals surface area contributed by atoms with Gasteiger partial charge < -0.3 is 4.40 Å². The van der Waals surface area contributed by atoms with E-state index in [0.717, 1.165) is 34.6 Å². The van der Waals surface area contributed by atoms with E-state index < -0.39 is 0 Å². The number of benzene rings is 7. The van der Waals surface area contributed by atoms with Crippen LogP contribution < -0.4 is 0 Å². The zero-order valence-electron chi connectivity index (χ0n) is 28.4. The van der Waals surface area contributed by atoms with Crippen LogP contribution >= 0.6 is 11.3 Å². The molecule has 0 N–H and O–H groups in total. The lowest BCUT2D eigenvalue weighted by Crippen LogP contribution is -2.11. The number of hydrogen-bond donors (Lipinski definition) is 0. The zero-order chi connectivity index (χ0) is 34.4. The molecule has 1 aliphatic rings. The Morgan fingerprint density at radius 1 is 0.566 bits per heavy atom. The second-order valence-corrected chi connectivity index (χ2v) is 15.5. The highest BCUT2D eigenvalue weighted by molar-refractivity contribution is 7.25. The molecule has 0 radical (unpaired) electrons. The van der Waals surface area contributed by atoms with E-state index in [2.05, 4.69) is 161 Å². The van der Waals surface area contributed by atoms with Crippen molar-refractivity contribution in [2.45, 2.75) is 12.3 Å². The first kappa shape index (κ1) is 28.1. The predicted molar refractivity (Wildman–Crippen MR) is 223 cm³/mol. The zero-order valence-corrected chi connectivity index (χ0v) is 29.2. The van der Waals surface area contributed by atoms with Gasteiger partial charge in [0.15, 0.2) is 0 Å². The molecule has 5 heteroatoms. The standard InChI is InChI=1S/C48H28N4S/c1-2-13-29-25-30(22-21-27(29)11-1)43-47-44(34-17-7-10-20-40(34)53-47)50-48(49-43)52-39-26-36-32-15-5-8-18-37(32)51-38-19-9-6-16-33(38)42(46(36)51)41(39)35-24-23-28-12-3-4-14-31(28)45(35)52/h1-24,26,30H,25H2. The summed E-state index contributed by atoms with van der Waals surface area (Å²) in [5.41, 5.74) is 10.8. The summed E-state index contributed by atoms with van der Waals surface area (Å²) >= 11 is 1.82. The van der Waals surface area contributed by atoms with Crippen LogP contribution in [0.5, 0.6) is 0 Å². The number of thiophene rings is 1. The summed E-state index contributed by atoms with van der Waals surface area (Å²) in [5, 5.41) is 11.1. The number of rotatable bonds is 2. The quantitative estimate of drug-likeness (QED) is 0.181. The summed E-state index contributed by atoms with van der Waals surface area (Å²) < 4.78 is 7.28. The van der Waals surface area contributed by atoms with Crippen molar-refractivity contribution in [1.29, 1.82) is 0 Å². The number of allylic oxidation sites excluding steroid dienone is 1. The highest BCUT2D eigenvalue weighted by Crippen LogP contribution is 2.48. The highest BCUT2D eigenvalue weighted by Gasteiger charge is 2.28. The molecule has 1 unspecified atom stereocenters. The van der Waals surface area contributed by atoms with Crippen molar-refractivity contribution in [3.63, 3.8) is 0 Å². The average molecular weight is 693 g/mol. The van der Waals surface area contributed by atoms with E-state index in [-0.39, 0.29) is 5.92 Å². The van der Waals surface area contributed by atoms with Crippen molar-refractivity contribution in [3.8, 4) is 5.95 Å². The number of fused-ring (bicyclic) bond motifs is 16. The monoisotopic (exact) mass is 692 g/mol. The Bertz CT molecular complexity index is 3560. The molecule has 4 nitrogen and oxygen atoms in total. The first-order chi connectivity index (χ1) is 26.3. The predicted octanol–water partition coefficient (Wildman–Crippen LogP) is 12.6. The molecule has 246 valence electrons. The lowest BCUT2D eigenvalue weighted by Gasteiger charge is -2.20. The molecular weight excluding hydrogens is 665 g/mol. The summed E-state index contributed by atoms with van der Waals surface area (Å²) in [5.74, 6) is 0.850. The highest BCUT2D eigenvalue weighted by atomic mass is 32.1. The number of nitrogens with zero attached hydrogens (tertiary/aromatic N) is 4. The molecular formula is C48H28N4S. The number of hydrogen-bond acceptors (Lipinski definition) is 3. The Balaban J connectivity index is 1.24. The molecule has 5 heterocycles. The summed E-state index contributed by atoms with van der Waals surface area (Å²) in [4.78, 5) is 11.3. The average Bonchev–Trinajstić information content (AvgIpc) is 3.95. The van der Waals surface area contributed by atoms with Crippen LogP contribution in [-0.2, 0) is 6.42 Å². The van der Waals surface area contributed by atoms with Gasteiger partial charge in [-0.05, 0) is 47.2 Å². The third-order valence-electron chi connectivity index (χ3n) is 11.8. The van der Waals surface area contributed by atoms with Crippen molar-refractivity contribution >= 4 is 108 Å². The van der Waals surface area contributed by atoms with Gasteiger partial charge in [0.25, 0.3) is 0 Å². The molecule has 0 spiro atoms. The SMILES string of the molecule is C1=CC(c2nc(-n3c4cc5c6ccccc6n6c7ccccc7c(c4c4ccc7ccccc7c43)c56)nc3c2sc2ccccc23)Cc2ccccc21. The molecule has 12 aromatic rings. The number of aromatic nitrogens is 4. The van der Waals surface area contributed by atoms with Crippen molar-refractivity contribution in [2.24, 2.45) is 0 Å². The molecule has 0 amide bonds. The fourth-order valence-electron chi connectivity index (χ4n) is 9.53. The van der Waals surface area contributed by atoms with Crippen LogP contribution in [0.4, 0.5) is 0 Å². The molecule has 53 heavy (non-hydrogen) atoms. The van der Waals surface area contributed by atoms with E-state index in [1.54, 1.807) is 0 Å². The van der Waals surface area contributed by atoms with Crippen molar-refractivity contribution < 1.29 is 0 Å². The molecule has 0 saturated heterocycles. The third kappa shape index (κ3) is 3.59. The van der Waals surface area contributed by atoms with E-state index in [0.29, 0.717) is 0 Å². The molecule has 0 fully saturated rings. The van der Waals surface area contributed by atoms with Crippen molar-refractivity contribution in [3.05, 3.63) is 162 Å².